The molecule has 0 atom stereocenters. The molecule has 0 heterocycles. The summed E-state index contributed by atoms with van der Waals surface area (Å²) in [5.41, 5.74) is 7.49. The minimum atomic E-state index is 0.0581. The predicted molar refractivity (Wildman–Crippen MR) is 77.8 cm³/mol. The number of amidine groups is 1. The van der Waals surface area contributed by atoms with E-state index in [0.717, 1.165) is 9.79 Å². The lowest BCUT2D eigenvalue weighted by molar-refractivity contribution is 1.28. The van der Waals surface area contributed by atoms with Crippen molar-refractivity contribution in [3.63, 3.8) is 0 Å². The molecular weight excluding hydrogens is 264 g/mol. The molecular formula is C14H13ClN2S. The van der Waals surface area contributed by atoms with Crippen LogP contribution >= 0.6 is 23.4 Å². The quantitative estimate of drug-likeness (QED) is 0.655. The molecule has 0 radical (unpaired) electrons. The number of nitrogens with one attached hydrogen (secondary N) is 1. The van der Waals surface area contributed by atoms with Crippen LogP contribution in [-0.2, 0) is 0 Å². The number of nitrogen functional groups attached to an aromatic ring is 1. The second-order valence-corrected chi connectivity index (χ2v) is 5.44. The van der Waals surface area contributed by atoms with Gasteiger partial charge in [0.25, 0.3) is 0 Å². The largest absolute Gasteiger partial charge is 0.384 e. The lowest BCUT2D eigenvalue weighted by atomic mass is 10.2. The molecule has 0 aliphatic heterocycles. The Morgan fingerprint density at radius 3 is 2.56 bits per heavy atom. The van der Waals surface area contributed by atoms with Crippen LogP contribution in [0.25, 0.3) is 0 Å². The van der Waals surface area contributed by atoms with Crippen molar-refractivity contribution in [1.29, 1.82) is 5.41 Å². The molecule has 0 fully saturated rings. The average molecular weight is 277 g/mol. The Morgan fingerprint density at radius 1 is 1.17 bits per heavy atom. The molecule has 2 nitrogen and oxygen atoms in total. The van der Waals surface area contributed by atoms with Crippen LogP contribution in [0.1, 0.15) is 11.1 Å². The van der Waals surface area contributed by atoms with Crippen LogP contribution in [0.2, 0.25) is 5.02 Å². The molecule has 0 amide bonds. The van der Waals surface area contributed by atoms with E-state index < -0.39 is 0 Å². The summed E-state index contributed by atoms with van der Waals surface area (Å²) in [6.07, 6.45) is 0. The van der Waals surface area contributed by atoms with Crippen LogP contribution in [0.15, 0.2) is 52.3 Å². The highest BCUT2D eigenvalue weighted by atomic mass is 35.5. The van der Waals surface area contributed by atoms with Gasteiger partial charge in [0.2, 0.25) is 0 Å². The lowest BCUT2D eigenvalue weighted by Gasteiger charge is -2.10. The third-order valence-electron chi connectivity index (χ3n) is 2.55. The fourth-order valence-electron chi connectivity index (χ4n) is 1.59. The first-order chi connectivity index (χ1) is 8.58. The summed E-state index contributed by atoms with van der Waals surface area (Å²) in [5, 5.41) is 8.24. The molecule has 0 spiro atoms. The van der Waals surface area contributed by atoms with Crippen LogP contribution < -0.4 is 5.73 Å². The van der Waals surface area contributed by atoms with E-state index in [0.29, 0.717) is 10.6 Å². The van der Waals surface area contributed by atoms with Gasteiger partial charge in [-0.25, -0.2) is 0 Å². The Hall–Kier alpha value is -1.45. The van der Waals surface area contributed by atoms with E-state index in [4.69, 9.17) is 22.7 Å². The minimum Gasteiger partial charge on any atom is -0.384 e. The smallest absolute Gasteiger partial charge is 0.123 e. The third kappa shape index (κ3) is 2.86. The second kappa shape index (κ2) is 5.46. The normalized spacial score (nSPS) is 10.3. The number of aryl methyl sites for hydroxylation is 1. The van der Waals surface area contributed by atoms with Gasteiger partial charge in [-0.05, 0) is 36.8 Å². The second-order valence-electron chi connectivity index (χ2n) is 3.92. The fraction of sp³-hybridized carbons (Fsp3) is 0.0714. The molecule has 0 saturated carbocycles. The van der Waals surface area contributed by atoms with Gasteiger partial charge in [-0.2, -0.15) is 0 Å². The van der Waals surface area contributed by atoms with E-state index in [1.54, 1.807) is 23.9 Å². The number of nitrogens with two attached hydrogens (primary N) is 1. The zero-order chi connectivity index (χ0) is 13.1. The average Bonchev–Trinajstić information content (AvgIpc) is 2.32. The van der Waals surface area contributed by atoms with E-state index >= 15 is 0 Å². The van der Waals surface area contributed by atoms with Crippen molar-refractivity contribution in [2.75, 3.05) is 0 Å². The number of rotatable bonds is 3. The van der Waals surface area contributed by atoms with E-state index in [2.05, 4.69) is 13.0 Å². The fourth-order valence-corrected chi connectivity index (χ4v) is 2.92. The van der Waals surface area contributed by atoms with Gasteiger partial charge in [-0.15, -0.1) is 0 Å². The van der Waals surface area contributed by atoms with Gasteiger partial charge in [0.15, 0.2) is 0 Å². The first-order valence-corrected chi connectivity index (χ1v) is 6.65. The Kier molecular flexibility index (Phi) is 3.94. The number of halogens is 1. The van der Waals surface area contributed by atoms with E-state index in [1.807, 2.05) is 24.3 Å². The van der Waals surface area contributed by atoms with Gasteiger partial charge < -0.3 is 5.73 Å². The first kappa shape index (κ1) is 13.0. The summed E-state index contributed by atoms with van der Waals surface area (Å²) in [5.74, 6) is 0.0581. The third-order valence-corrected chi connectivity index (χ3v) is 4.02. The highest BCUT2D eigenvalue weighted by Gasteiger charge is 2.09. The number of benzene rings is 2. The molecule has 2 aromatic rings. The standard InChI is InChI=1S/C14H13ClN2S/c1-9-4-2-3-5-12(9)18-13-8-10(15)6-7-11(13)14(16)17/h2-8H,1H3,(H3,16,17). The summed E-state index contributed by atoms with van der Waals surface area (Å²) in [6, 6.07) is 13.5. The Bertz CT molecular complexity index is 596. The summed E-state index contributed by atoms with van der Waals surface area (Å²) >= 11 is 7.58. The molecule has 3 N–H and O–H groups in total. The summed E-state index contributed by atoms with van der Waals surface area (Å²) in [6.45, 7) is 2.06. The Morgan fingerprint density at radius 2 is 1.89 bits per heavy atom. The molecule has 0 aliphatic carbocycles. The van der Waals surface area contributed by atoms with Crippen LogP contribution in [0, 0.1) is 12.3 Å². The van der Waals surface area contributed by atoms with Gasteiger partial charge in [-0.3, -0.25) is 5.41 Å². The van der Waals surface area contributed by atoms with Crippen LogP contribution in [-0.4, -0.2) is 5.84 Å². The van der Waals surface area contributed by atoms with Crippen LogP contribution in [0.3, 0.4) is 0 Å². The summed E-state index contributed by atoms with van der Waals surface area (Å²) in [7, 11) is 0. The molecule has 2 aromatic carbocycles. The number of hydrogen-bond donors (Lipinski definition) is 2. The highest BCUT2D eigenvalue weighted by Crippen LogP contribution is 2.33. The van der Waals surface area contributed by atoms with Gasteiger partial charge in [0.05, 0.1) is 0 Å². The van der Waals surface area contributed by atoms with Crippen molar-refractivity contribution >= 4 is 29.2 Å². The molecule has 2 rings (SSSR count). The minimum absolute atomic E-state index is 0.0581. The van der Waals surface area contributed by atoms with Crippen molar-refractivity contribution in [2.45, 2.75) is 16.7 Å². The van der Waals surface area contributed by atoms with Crippen molar-refractivity contribution in [3.8, 4) is 0 Å². The Balaban J connectivity index is 2.42. The van der Waals surface area contributed by atoms with E-state index in [9.17, 15) is 0 Å². The Labute approximate surface area is 116 Å². The lowest BCUT2D eigenvalue weighted by Crippen LogP contribution is -2.12. The maximum absolute atomic E-state index is 7.59. The molecule has 92 valence electrons. The molecule has 0 saturated heterocycles. The summed E-state index contributed by atoms with van der Waals surface area (Å²) in [4.78, 5) is 2.05. The summed E-state index contributed by atoms with van der Waals surface area (Å²) < 4.78 is 0. The van der Waals surface area contributed by atoms with Gasteiger partial charge in [0.1, 0.15) is 5.84 Å². The molecule has 4 heteroatoms. The van der Waals surface area contributed by atoms with E-state index in [-0.39, 0.29) is 5.84 Å². The first-order valence-electron chi connectivity index (χ1n) is 5.45. The topological polar surface area (TPSA) is 49.9 Å². The predicted octanol–water partition coefficient (Wildman–Crippen LogP) is 4.08. The van der Waals surface area contributed by atoms with Crippen molar-refractivity contribution in [1.82, 2.24) is 0 Å². The van der Waals surface area contributed by atoms with E-state index in [1.165, 1.54) is 5.56 Å². The van der Waals surface area contributed by atoms with Gasteiger partial charge >= 0.3 is 0 Å². The van der Waals surface area contributed by atoms with Crippen LogP contribution in [0.5, 0.6) is 0 Å². The molecule has 18 heavy (non-hydrogen) atoms. The molecule has 0 unspecified atom stereocenters. The maximum atomic E-state index is 7.59. The monoisotopic (exact) mass is 276 g/mol. The zero-order valence-electron chi connectivity index (χ0n) is 9.91. The van der Waals surface area contributed by atoms with Crippen LogP contribution in [0.4, 0.5) is 0 Å². The SMILES string of the molecule is Cc1ccccc1Sc1cc(Cl)ccc1C(=N)N. The van der Waals surface area contributed by atoms with Gasteiger partial charge in [0, 0.05) is 20.4 Å². The highest BCUT2D eigenvalue weighted by molar-refractivity contribution is 7.99. The van der Waals surface area contributed by atoms with Crippen molar-refractivity contribution in [3.05, 3.63) is 58.6 Å². The molecule has 0 aliphatic rings. The van der Waals surface area contributed by atoms with Crippen molar-refractivity contribution < 1.29 is 0 Å². The molecule has 0 aromatic heterocycles. The molecule has 0 bridgehead atoms. The maximum Gasteiger partial charge on any atom is 0.123 e. The van der Waals surface area contributed by atoms with Gasteiger partial charge in [-0.1, -0.05) is 41.6 Å². The zero-order valence-corrected chi connectivity index (χ0v) is 11.5. The number of hydrogen-bond acceptors (Lipinski definition) is 2. The van der Waals surface area contributed by atoms with Crippen molar-refractivity contribution in [2.24, 2.45) is 5.73 Å².